The van der Waals surface area contributed by atoms with Gasteiger partial charge in [-0.1, -0.05) is 13.8 Å². The van der Waals surface area contributed by atoms with Crippen molar-refractivity contribution in [2.45, 2.75) is 38.4 Å². The molecule has 1 heterocycles. The number of hydrogen-bond acceptors (Lipinski definition) is 4. The first-order chi connectivity index (χ1) is 6.15. The van der Waals surface area contributed by atoms with Crippen molar-refractivity contribution in [3.05, 3.63) is 0 Å². The minimum atomic E-state index is -0.174. The maximum atomic E-state index is 11.3. The van der Waals surface area contributed by atoms with Crippen LogP contribution in [-0.4, -0.2) is 37.7 Å². The molecular formula is C9H18N2O2. The van der Waals surface area contributed by atoms with Crippen molar-refractivity contribution in [1.29, 1.82) is 0 Å². The Hall–Kier alpha value is -0.610. The molecule has 1 unspecified atom stereocenters. The van der Waals surface area contributed by atoms with Gasteiger partial charge >= 0.3 is 5.97 Å². The van der Waals surface area contributed by atoms with Crippen molar-refractivity contribution in [3.8, 4) is 0 Å². The predicted octanol–water partition coefficient (Wildman–Crippen LogP) is -0.112. The van der Waals surface area contributed by atoms with Crippen LogP contribution in [0.3, 0.4) is 0 Å². The van der Waals surface area contributed by atoms with Crippen LogP contribution in [0, 0.1) is 0 Å². The smallest absolute Gasteiger partial charge is 0.324 e. The monoisotopic (exact) mass is 186 g/mol. The van der Waals surface area contributed by atoms with Gasteiger partial charge in [0, 0.05) is 12.1 Å². The van der Waals surface area contributed by atoms with E-state index in [2.05, 4.69) is 24.5 Å². The maximum absolute atomic E-state index is 11.3. The average Bonchev–Trinajstić information content (AvgIpc) is 2.50. The average molecular weight is 186 g/mol. The van der Waals surface area contributed by atoms with E-state index in [0.29, 0.717) is 6.04 Å². The molecule has 0 amide bonds. The van der Waals surface area contributed by atoms with Crippen LogP contribution in [0.1, 0.15) is 20.3 Å². The number of carbonyl (C=O) groups is 1. The highest BCUT2D eigenvalue weighted by molar-refractivity contribution is 5.77. The number of esters is 1. The van der Waals surface area contributed by atoms with E-state index in [9.17, 15) is 4.79 Å². The summed E-state index contributed by atoms with van der Waals surface area (Å²) in [7, 11) is 1.43. The molecule has 0 spiro atoms. The lowest BCUT2D eigenvalue weighted by molar-refractivity contribution is -0.143. The summed E-state index contributed by atoms with van der Waals surface area (Å²) >= 11 is 0. The van der Waals surface area contributed by atoms with Gasteiger partial charge in [0.2, 0.25) is 0 Å². The third-order valence-electron chi connectivity index (χ3n) is 2.22. The van der Waals surface area contributed by atoms with E-state index in [4.69, 9.17) is 4.74 Å². The topological polar surface area (TPSA) is 50.4 Å². The molecule has 0 aromatic heterocycles. The van der Waals surface area contributed by atoms with Gasteiger partial charge in [0.05, 0.1) is 7.11 Å². The molecule has 1 rings (SSSR count). The van der Waals surface area contributed by atoms with Crippen LogP contribution in [-0.2, 0) is 9.53 Å². The molecule has 0 saturated carbocycles. The van der Waals surface area contributed by atoms with Crippen molar-refractivity contribution < 1.29 is 9.53 Å². The van der Waals surface area contributed by atoms with E-state index in [1.807, 2.05) is 0 Å². The number of rotatable bonds is 3. The Morgan fingerprint density at radius 2 is 2.31 bits per heavy atom. The first kappa shape index (κ1) is 10.5. The van der Waals surface area contributed by atoms with E-state index in [1.165, 1.54) is 7.11 Å². The molecule has 0 bridgehead atoms. The van der Waals surface area contributed by atoms with E-state index in [-0.39, 0.29) is 18.1 Å². The number of nitrogens with one attached hydrogen (secondary N) is 2. The quantitative estimate of drug-likeness (QED) is 0.604. The van der Waals surface area contributed by atoms with E-state index in [0.717, 1.165) is 13.0 Å². The lowest BCUT2D eigenvalue weighted by atomic mass is 10.1. The Bertz CT molecular complexity index is 182. The summed E-state index contributed by atoms with van der Waals surface area (Å²) in [4.78, 5) is 11.3. The fourth-order valence-electron chi connectivity index (χ4n) is 1.69. The third-order valence-corrected chi connectivity index (χ3v) is 2.22. The Morgan fingerprint density at radius 1 is 1.62 bits per heavy atom. The molecule has 0 aliphatic carbocycles. The van der Waals surface area contributed by atoms with Gasteiger partial charge in [-0.05, 0) is 13.0 Å². The van der Waals surface area contributed by atoms with Gasteiger partial charge in [0.15, 0.2) is 0 Å². The summed E-state index contributed by atoms with van der Waals surface area (Å²) in [5, 5.41) is 6.47. The molecule has 13 heavy (non-hydrogen) atoms. The highest BCUT2D eigenvalue weighted by atomic mass is 16.5. The van der Waals surface area contributed by atoms with Crippen molar-refractivity contribution >= 4 is 5.97 Å². The molecule has 0 aromatic carbocycles. The van der Waals surface area contributed by atoms with E-state index >= 15 is 0 Å². The van der Waals surface area contributed by atoms with Crippen LogP contribution in [0.2, 0.25) is 0 Å². The summed E-state index contributed by atoms with van der Waals surface area (Å²) in [6.45, 7) is 5.03. The molecule has 1 aliphatic rings. The zero-order valence-corrected chi connectivity index (χ0v) is 8.46. The lowest BCUT2D eigenvalue weighted by Gasteiger charge is -2.20. The van der Waals surface area contributed by atoms with E-state index in [1.54, 1.807) is 0 Å². The second kappa shape index (κ2) is 4.58. The summed E-state index contributed by atoms with van der Waals surface area (Å²) < 4.78 is 4.70. The van der Waals surface area contributed by atoms with Crippen molar-refractivity contribution in [3.63, 3.8) is 0 Å². The van der Waals surface area contributed by atoms with Crippen LogP contribution in [0.15, 0.2) is 0 Å². The first-order valence-corrected chi connectivity index (χ1v) is 4.72. The van der Waals surface area contributed by atoms with Crippen molar-refractivity contribution in [1.82, 2.24) is 10.6 Å². The minimum Gasteiger partial charge on any atom is -0.468 e. The maximum Gasteiger partial charge on any atom is 0.324 e. The SMILES string of the molecule is COC(=O)C1NCC[C@@H]1NC(C)C. The van der Waals surface area contributed by atoms with Gasteiger partial charge < -0.3 is 15.4 Å². The molecule has 4 nitrogen and oxygen atoms in total. The Kier molecular flexibility index (Phi) is 3.69. The lowest BCUT2D eigenvalue weighted by Crippen LogP contribution is -2.48. The van der Waals surface area contributed by atoms with Gasteiger partial charge in [0.1, 0.15) is 6.04 Å². The molecular weight excluding hydrogens is 168 g/mol. The zero-order valence-electron chi connectivity index (χ0n) is 8.46. The standard InChI is InChI=1S/C9H18N2O2/c1-6(2)11-7-4-5-10-8(7)9(12)13-3/h6-8,10-11H,4-5H2,1-3H3/t7-,8?/m0/s1. The number of carbonyl (C=O) groups excluding carboxylic acids is 1. The summed E-state index contributed by atoms with van der Waals surface area (Å²) in [6, 6.07) is 0.442. The molecule has 1 saturated heterocycles. The fourth-order valence-corrected chi connectivity index (χ4v) is 1.69. The van der Waals surface area contributed by atoms with Crippen LogP contribution in [0.4, 0.5) is 0 Å². The molecule has 2 N–H and O–H groups in total. The van der Waals surface area contributed by atoms with Crippen LogP contribution >= 0.6 is 0 Å². The molecule has 4 heteroatoms. The second-order valence-corrected chi connectivity index (χ2v) is 3.67. The molecule has 2 atom stereocenters. The Morgan fingerprint density at radius 3 is 2.85 bits per heavy atom. The third kappa shape index (κ3) is 2.67. The fraction of sp³-hybridized carbons (Fsp3) is 0.889. The second-order valence-electron chi connectivity index (χ2n) is 3.67. The van der Waals surface area contributed by atoms with Gasteiger partial charge in [-0.15, -0.1) is 0 Å². The first-order valence-electron chi connectivity index (χ1n) is 4.72. The van der Waals surface area contributed by atoms with Gasteiger partial charge in [-0.2, -0.15) is 0 Å². The highest BCUT2D eigenvalue weighted by Gasteiger charge is 2.33. The molecule has 1 aliphatic heterocycles. The van der Waals surface area contributed by atoms with E-state index < -0.39 is 0 Å². The largest absolute Gasteiger partial charge is 0.468 e. The van der Waals surface area contributed by atoms with Crippen molar-refractivity contribution in [2.24, 2.45) is 0 Å². The van der Waals surface area contributed by atoms with Gasteiger partial charge in [0.25, 0.3) is 0 Å². The summed E-state index contributed by atoms with van der Waals surface area (Å²) in [5.41, 5.74) is 0. The van der Waals surface area contributed by atoms with Crippen LogP contribution in [0.25, 0.3) is 0 Å². The van der Waals surface area contributed by atoms with Crippen LogP contribution < -0.4 is 10.6 Å². The minimum absolute atomic E-state index is 0.171. The van der Waals surface area contributed by atoms with Crippen molar-refractivity contribution in [2.75, 3.05) is 13.7 Å². The molecule has 0 radical (unpaired) electrons. The zero-order chi connectivity index (χ0) is 9.84. The molecule has 76 valence electrons. The molecule has 0 aromatic rings. The Balaban J connectivity index is 2.48. The number of hydrogen-bond donors (Lipinski definition) is 2. The summed E-state index contributed by atoms with van der Waals surface area (Å²) in [6.07, 6.45) is 0.984. The number of methoxy groups -OCH3 is 1. The normalized spacial score (nSPS) is 28.0. The predicted molar refractivity (Wildman–Crippen MR) is 50.5 cm³/mol. The van der Waals surface area contributed by atoms with Gasteiger partial charge in [-0.3, -0.25) is 4.79 Å². The van der Waals surface area contributed by atoms with Crippen LogP contribution in [0.5, 0.6) is 0 Å². The highest BCUT2D eigenvalue weighted by Crippen LogP contribution is 2.09. The summed E-state index contributed by atoms with van der Waals surface area (Å²) in [5.74, 6) is -0.171. The van der Waals surface area contributed by atoms with Gasteiger partial charge in [-0.25, -0.2) is 0 Å². The number of ether oxygens (including phenoxy) is 1. The Labute approximate surface area is 79.0 Å². The molecule has 1 fully saturated rings.